The highest BCUT2D eigenvalue weighted by Crippen LogP contribution is 2.29. The molecular weight excluding hydrogens is 316 g/mol. The SMILES string of the molecule is O=C(C1CCCN(C2CCOCC2)C1)N1CCC(c2ncc[nH]2)CC1. The first-order valence-electron chi connectivity index (χ1n) is 9.91. The van der Waals surface area contributed by atoms with E-state index in [1.54, 1.807) is 0 Å². The van der Waals surface area contributed by atoms with Gasteiger partial charge in [0.1, 0.15) is 5.82 Å². The van der Waals surface area contributed by atoms with Gasteiger partial charge in [-0.15, -0.1) is 0 Å². The number of carbonyl (C=O) groups excluding carboxylic acids is 1. The molecule has 4 rings (SSSR count). The number of hydrogen-bond acceptors (Lipinski definition) is 4. The van der Waals surface area contributed by atoms with Crippen LogP contribution in [-0.2, 0) is 9.53 Å². The van der Waals surface area contributed by atoms with Gasteiger partial charge >= 0.3 is 0 Å². The number of carbonyl (C=O) groups is 1. The van der Waals surface area contributed by atoms with Crippen LogP contribution in [0.3, 0.4) is 0 Å². The van der Waals surface area contributed by atoms with Gasteiger partial charge in [0.2, 0.25) is 5.91 Å². The Morgan fingerprint density at radius 1 is 1.12 bits per heavy atom. The molecule has 0 aromatic carbocycles. The van der Waals surface area contributed by atoms with Crippen LogP contribution in [-0.4, -0.2) is 71.1 Å². The van der Waals surface area contributed by atoms with E-state index in [9.17, 15) is 4.79 Å². The maximum absolute atomic E-state index is 13.0. The Hall–Kier alpha value is -1.40. The van der Waals surface area contributed by atoms with Gasteiger partial charge in [-0.25, -0.2) is 4.98 Å². The Kier molecular flexibility index (Phi) is 5.36. The molecule has 4 heterocycles. The quantitative estimate of drug-likeness (QED) is 0.909. The van der Waals surface area contributed by atoms with Gasteiger partial charge in [-0.05, 0) is 45.1 Å². The largest absolute Gasteiger partial charge is 0.381 e. The molecule has 1 atom stereocenters. The lowest BCUT2D eigenvalue weighted by Crippen LogP contribution is -2.50. The highest BCUT2D eigenvalue weighted by atomic mass is 16.5. The van der Waals surface area contributed by atoms with Crippen LogP contribution in [0.15, 0.2) is 12.4 Å². The minimum Gasteiger partial charge on any atom is -0.381 e. The summed E-state index contributed by atoms with van der Waals surface area (Å²) in [4.78, 5) is 25.3. The van der Waals surface area contributed by atoms with Gasteiger partial charge in [0.25, 0.3) is 0 Å². The van der Waals surface area contributed by atoms with Crippen LogP contribution in [0, 0.1) is 5.92 Å². The molecule has 6 nitrogen and oxygen atoms in total. The summed E-state index contributed by atoms with van der Waals surface area (Å²) < 4.78 is 5.49. The van der Waals surface area contributed by atoms with Gasteiger partial charge in [0.05, 0.1) is 5.92 Å². The third-order valence-electron chi connectivity index (χ3n) is 6.22. The summed E-state index contributed by atoms with van der Waals surface area (Å²) in [6.45, 7) is 5.59. The summed E-state index contributed by atoms with van der Waals surface area (Å²) in [6, 6.07) is 0.619. The fourth-order valence-electron chi connectivity index (χ4n) is 4.72. The Bertz CT molecular complexity index is 548. The summed E-state index contributed by atoms with van der Waals surface area (Å²) in [5, 5.41) is 0. The topological polar surface area (TPSA) is 61.5 Å². The normalized spacial score (nSPS) is 27.5. The predicted molar refractivity (Wildman–Crippen MR) is 95.3 cm³/mol. The Balaban J connectivity index is 1.30. The van der Waals surface area contributed by atoms with Gasteiger partial charge in [-0.2, -0.15) is 0 Å². The third kappa shape index (κ3) is 3.90. The van der Waals surface area contributed by atoms with E-state index < -0.39 is 0 Å². The molecule has 3 fully saturated rings. The maximum Gasteiger partial charge on any atom is 0.226 e. The van der Waals surface area contributed by atoms with Crippen molar-refractivity contribution in [2.24, 2.45) is 5.92 Å². The first-order chi connectivity index (χ1) is 12.3. The zero-order valence-electron chi connectivity index (χ0n) is 15.0. The second-order valence-electron chi connectivity index (χ2n) is 7.75. The first-order valence-corrected chi connectivity index (χ1v) is 9.91. The zero-order valence-corrected chi connectivity index (χ0v) is 15.0. The molecule has 6 heteroatoms. The molecule has 0 aliphatic carbocycles. The lowest BCUT2D eigenvalue weighted by Gasteiger charge is -2.41. The number of nitrogens with one attached hydrogen (secondary N) is 1. The average molecular weight is 346 g/mol. The van der Waals surface area contributed by atoms with Crippen molar-refractivity contribution in [2.45, 2.75) is 50.5 Å². The molecule has 0 saturated carbocycles. The highest BCUT2D eigenvalue weighted by Gasteiger charge is 2.34. The number of likely N-dealkylation sites (tertiary alicyclic amines) is 2. The molecule has 1 N–H and O–H groups in total. The summed E-state index contributed by atoms with van der Waals surface area (Å²) in [7, 11) is 0. The van der Waals surface area contributed by atoms with Crippen LogP contribution < -0.4 is 0 Å². The summed E-state index contributed by atoms with van der Waals surface area (Å²) in [6.07, 6.45) is 10.2. The molecule has 0 radical (unpaired) electrons. The molecule has 138 valence electrons. The zero-order chi connectivity index (χ0) is 17.1. The molecular formula is C19H30N4O2. The second kappa shape index (κ2) is 7.87. The summed E-state index contributed by atoms with van der Waals surface area (Å²) in [5.74, 6) is 2.13. The van der Waals surface area contributed by atoms with Gasteiger partial charge in [0.15, 0.2) is 0 Å². The number of H-pyrrole nitrogens is 1. The third-order valence-corrected chi connectivity index (χ3v) is 6.22. The number of imidazole rings is 1. The van der Waals surface area contributed by atoms with Gasteiger partial charge in [0, 0.05) is 57.2 Å². The van der Waals surface area contributed by atoms with Crippen molar-refractivity contribution in [3.8, 4) is 0 Å². The summed E-state index contributed by atoms with van der Waals surface area (Å²) >= 11 is 0. The van der Waals surface area contributed by atoms with Gasteiger partial charge in [-0.1, -0.05) is 0 Å². The molecule has 1 amide bonds. The highest BCUT2D eigenvalue weighted by molar-refractivity contribution is 5.79. The van der Waals surface area contributed by atoms with Crippen LogP contribution in [0.1, 0.15) is 50.3 Å². The van der Waals surface area contributed by atoms with Crippen LogP contribution in [0.2, 0.25) is 0 Å². The minimum atomic E-state index is 0.191. The molecule has 3 aliphatic rings. The van der Waals surface area contributed by atoms with Crippen molar-refractivity contribution in [1.82, 2.24) is 19.8 Å². The number of ether oxygens (including phenoxy) is 1. The van der Waals surface area contributed by atoms with E-state index in [2.05, 4.69) is 19.8 Å². The van der Waals surface area contributed by atoms with Crippen molar-refractivity contribution >= 4 is 5.91 Å². The fourth-order valence-corrected chi connectivity index (χ4v) is 4.72. The molecule has 0 bridgehead atoms. The summed E-state index contributed by atoms with van der Waals surface area (Å²) in [5.41, 5.74) is 0. The van der Waals surface area contributed by atoms with Gasteiger partial charge in [-0.3, -0.25) is 9.69 Å². The molecule has 0 spiro atoms. The standard InChI is InChI=1S/C19H30N4O2/c24-19(22-10-3-15(4-11-22)18-20-7-8-21-18)16-2-1-9-23(14-16)17-5-12-25-13-6-17/h7-8,15-17H,1-6,9-14H2,(H,20,21). The Morgan fingerprint density at radius 3 is 2.64 bits per heavy atom. The number of piperidine rings is 2. The van der Waals surface area contributed by atoms with Crippen LogP contribution in [0.4, 0.5) is 0 Å². The number of rotatable bonds is 3. The van der Waals surface area contributed by atoms with Crippen molar-refractivity contribution < 1.29 is 9.53 Å². The second-order valence-corrected chi connectivity index (χ2v) is 7.75. The molecule has 1 aromatic rings. The number of amides is 1. The Labute approximate surface area is 149 Å². The van der Waals surface area contributed by atoms with Crippen LogP contribution >= 0.6 is 0 Å². The van der Waals surface area contributed by atoms with E-state index in [1.807, 2.05) is 12.4 Å². The maximum atomic E-state index is 13.0. The Morgan fingerprint density at radius 2 is 1.92 bits per heavy atom. The number of aromatic nitrogens is 2. The number of hydrogen-bond donors (Lipinski definition) is 1. The molecule has 3 saturated heterocycles. The van der Waals surface area contributed by atoms with Crippen molar-refractivity contribution in [3.05, 3.63) is 18.2 Å². The van der Waals surface area contributed by atoms with E-state index in [-0.39, 0.29) is 5.92 Å². The van der Waals surface area contributed by atoms with Crippen LogP contribution in [0.25, 0.3) is 0 Å². The van der Waals surface area contributed by atoms with E-state index >= 15 is 0 Å². The van der Waals surface area contributed by atoms with E-state index in [0.29, 0.717) is 17.9 Å². The average Bonchev–Trinajstić information content (AvgIpc) is 3.23. The van der Waals surface area contributed by atoms with Crippen molar-refractivity contribution in [1.29, 1.82) is 0 Å². The lowest BCUT2D eigenvalue weighted by atomic mass is 9.91. The first kappa shape index (κ1) is 17.0. The van der Waals surface area contributed by atoms with Crippen molar-refractivity contribution in [2.75, 3.05) is 39.4 Å². The number of nitrogens with zero attached hydrogens (tertiary/aromatic N) is 3. The fraction of sp³-hybridized carbons (Fsp3) is 0.789. The molecule has 1 unspecified atom stereocenters. The molecule has 3 aliphatic heterocycles. The van der Waals surface area contributed by atoms with E-state index in [4.69, 9.17) is 4.74 Å². The number of aromatic amines is 1. The molecule has 1 aromatic heterocycles. The smallest absolute Gasteiger partial charge is 0.226 e. The van der Waals surface area contributed by atoms with Gasteiger partial charge < -0.3 is 14.6 Å². The monoisotopic (exact) mass is 346 g/mol. The van der Waals surface area contributed by atoms with E-state index in [0.717, 1.165) is 83.7 Å². The lowest BCUT2D eigenvalue weighted by molar-refractivity contribution is -0.139. The predicted octanol–water partition coefficient (Wildman–Crippen LogP) is 2.01. The van der Waals surface area contributed by atoms with Crippen molar-refractivity contribution in [3.63, 3.8) is 0 Å². The van der Waals surface area contributed by atoms with Crippen LogP contribution in [0.5, 0.6) is 0 Å². The van der Waals surface area contributed by atoms with E-state index in [1.165, 1.54) is 0 Å². The minimum absolute atomic E-state index is 0.191. The molecule has 25 heavy (non-hydrogen) atoms.